The Morgan fingerprint density at radius 1 is 1.31 bits per heavy atom. The summed E-state index contributed by atoms with van der Waals surface area (Å²) in [5.41, 5.74) is 2.71. The van der Waals surface area contributed by atoms with Crippen molar-refractivity contribution in [2.45, 2.75) is 26.7 Å². The van der Waals surface area contributed by atoms with E-state index < -0.39 is 0 Å². The third kappa shape index (κ3) is 5.20. The molecule has 0 spiro atoms. The smallest absolute Gasteiger partial charge is 1.00 e. The van der Waals surface area contributed by atoms with Crippen molar-refractivity contribution in [2.24, 2.45) is 0 Å². The Hall–Kier alpha value is -0.170. The van der Waals surface area contributed by atoms with Crippen LogP contribution in [0.1, 0.15) is 29.5 Å². The molecule has 0 aromatic rings. The summed E-state index contributed by atoms with van der Waals surface area (Å²) in [5, 5.41) is 0. The van der Waals surface area contributed by atoms with Crippen molar-refractivity contribution < 1.29 is 28.7 Å². The molecule has 0 atom stereocenters. The minimum absolute atomic E-state index is 0. The monoisotopic (exact) mass is 340 g/mol. The van der Waals surface area contributed by atoms with Crippen LogP contribution in [0.4, 0.5) is 0 Å². The minimum atomic E-state index is 0. The quantitative estimate of drug-likeness (QED) is 0.467. The number of hydrogen-bond acceptors (Lipinski definition) is 0. The topological polar surface area (TPSA) is 0 Å². The Morgan fingerprint density at radius 2 is 2.08 bits per heavy atom. The van der Waals surface area contributed by atoms with Gasteiger partial charge >= 0.3 is 25.8 Å². The number of rotatable bonds is 0. The van der Waals surface area contributed by atoms with Crippen LogP contribution in [0, 0.1) is 12.2 Å². The van der Waals surface area contributed by atoms with Gasteiger partial charge < -0.3 is 2.85 Å². The molecular formula is C12H16Hf. The van der Waals surface area contributed by atoms with Gasteiger partial charge in [0, 0.05) is 0 Å². The normalized spacial score (nSPS) is 17.1. The van der Waals surface area contributed by atoms with Crippen LogP contribution in [0.25, 0.3) is 0 Å². The van der Waals surface area contributed by atoms with Crippen LogP contribution in [0.5, 0.6) is 0 Å². The van der Waals surface area contributed by atoms with E-state index in [1.165, 1.54) is 11.1 Å². The van der Waals surface area contributed by atoms with E-state index in [-0.39, 0.29) is 28.7 Å². The molecule has 0 unspecified atom stereocenters. The first-order valence-electron chi connectivity index (χ1n) is 4.27. The first-order chi connectivity index (χ1) is 5.80. The zero-order chi connectivity index (χ0) is 8.81. The molecule has 0 aromatic heterocycles. The largest absolute Gasteiger partial charge is 4.00 e. The molecule has 2 rings (SSSR count). The molecule has 0 nitrogen and oxygen atoms in total. The number of hydrogen-bond donors (Lipinski definition) is 0. The predicted molar refractivity (Wildman–Crippen MR) is 54.6 cm³/mol. The Morgan fingerprint density at radius 3 is 2.23 bits per heavy atom. The van der Waals surface area contributed by atoms with E-state index in [0.717, 1.165) is 12.8 Å². The molecule has 0 saturated carbocycles. The summed E-state index contributed by atoms with van der Waals surface area (Å²) in [4.78, 5) is 0. The molecule has 0 N–H and O–H groups in total. The molecule has 13 heavy (non-hydrogen) atoms. The number of allylic oxidation sites excluding steroid dienone is 8. The van der Waals surface area contributed by atoms with E-state index in [4.69, 9.17) is 0 Å². The van der Waals surface area contributed by atoms with Crippen LogP contribution in [0.15, 0.2) is 35.5 Å². The van der Waals surface area contributed by atoms with Crippen molar-refractivity contribution in [1.29, 1.82) is 0 Å². The van der Waals surface area contributed by atoms with Crippen LogP contribution in [0.3, 0.4) is 0 Å². The molecule has 0 amide bonds. The van der Waals surface area contributed by atoms with Crippen molar-refractivity contribution in [1.82, 2.24) is 0 Å². The molecule has 0 aromatic carbocycles. The van der Waals surface area contributed by atoms with Gasteiger partial charge in [0.1, 0.15) is 0 Å². The van der Waals surface area contributed by atoms with Crippen LogP contribution in [0.2, 0.25) is 0 Å². The Balaban J connectivity index is -0.000000165. The fourth-order valence-corrected chi connectivity index (χ4v) is 0.990. The summed E-state index contributed by atoms with van der Waals surface area (Å²) in [6, 6.07) is 0. The fraction of sp³-hybridized carbons (Fsp3) is 0.333. The zero-order valence-corrected chi connectivity index (χ0v) is 11.8. The second-order valence-corrected chi connectivity index (χ2v) is 2.90. The maximum Gasteiger partial charge on any atom is 4.00 e. The van der Waals surface area contributed by atoms with E-state index in [1.54, 1.807) is 0 Å². The van der Waals surface area contributed by atoms with Gasteiger partial charge in [-0.3, -0.25) is 12.2 Å². The third-order valence-corrected chi connectivity index (χ3v) is 1.95. The van der Waals surface area contributed by atoms with Gasteiger partial charge in [-0.15, -0.1) is 19.8 Å². The SMILES string of the molecule is CC1=[C-]CC=C1C.[C-]1=CC=CC1.[H-].[H-].[Hf+4]. The molecule has 0 radical (unpaired) electrons. The van der Waals surface area contributed by atoms with Crippen molar-refractivity contribution in [3.63, 3.8) is 0 Å². The van der Waals surface area contributed by atoms with Crippen molar-refractivity contribution >= 4 is 0 Å². The molecule has 68 valence electrons. The average Bonchev–Trinajstić information content (AvgIpc) is 2.67. The van der Waals surface area contributed by atoms with Crippen LogP contribution < -0.4 is 0 Å². The second kappa shape index (κ2) is 7.25. The van der Waals surface area contributed by atoms with E-state index in [0.29, 0.717) is 0 Å². The standard InChI is InChI=1S/C7H9.C5H5.Hf.2H/c1-6-4-3-5-7(6)2;1-2-4-5-3-1;;;/h4H,3H2,1-2H3;1-3H,4H2;;;/q2*-1;+4;2*-1. The summed E-state index contributed by atoms with van der Waals surface area (Å²) in [5.74, 6) is 0. The Kier molecular flexibility index (Phi) is 7.16. The van der Waals surface area contributed by atoms with Crippen molar-refractivity contribution in [3.8, 4) is 0 Å². The van der Waals surface area contributed by atoms with Crippen LogP contribution in [-0.2, 0) is 25.8 Å². The summed E-state index contributed by atoms with van der Waals surface area (Å²) < 4.78 is 0. The predicted octanol–water partition coefficient (Wildman–Crippen LogP) is 3.61. The van der Waals surface area contributed by atoms with Gasteiger partial charge in [-0.25, -0.2) is 23.3 Å². The van der Waals surface area contributed by atoms with Gasteiger partial charge in [-0.1, -0.05) is 6.92 Å². The van der Waals surface area contributed by atoms with Gasteiger partial charge in [0.15, 0.2) is 0 Å². The van der Waals surface area contributed by atoms with Gasteiger partial charge in [-0.2, -0.15) is 12.2 Å². The average molecular weight is 339 g/mol. The fourth-order valence-electron chi connectivity index (χ4n) is 0.990. The third-order valence-electron chi connectivity index (χ3n) is 1.95. The molecule has 2 aliphatic rings. The molecule has 2 aliphatic carbocycles. The summed E-state index contributed by atoms with van der Waals surface area (Å²) in [6.45, 7) is 4.22. The van der Waals surface area contributed by atoms with E-state index in [2.05, 4.69) is 38.2 Å². The maximum absolute atomic E-state index is 3.19. The van der Waals surface area contributed by atoms with Crippen molar-refractivity contribution in [2.75, 3.05) is 0 Å². The Bertz CT molecular complexity index is 237. The molecule has 0 bridgehead atoms. The van der Waals surface area contributed by atoms with Crippen molar-refractivity contribution in [3.05, 3.63) is 47.6 Å². The van der Waals surface area contributed by atoms with Gasteiger partial charge in [0.05, 0.1) is 0 Å². The van der Waals surface area contributed by atoms with Crippen LogP contribution in [-0.4, -0.2) is 0 Å². The van der Waals surface area contributed by atoms with E-state index in [9.17, 15) is 0 Å². The second-order valence-electron chi connectivity index (χ2n) is 2.90. The molecule has 1 heteroatoms. The molecule has 0 aliphatic heterocycles. The molecule has 0 heterocycles. The van der Waals surface area contributed by atoms with E-state index >= 15 is 0 Å². The molecule has 0 fully saturated rings. The minimum Gasteiger partial charge on any atom is -1.00 e. The van der Waals surface area contributed by atoms with Crippen LogP contribution >= 0.6 is 0 Å². The zero-order valence-electron chi connectivity index (χ0n) is 10.2. The summed E-state index contributed by atoms with van der Waals surface area (Å²) in [7, 11) is 0. The summed E-state index contributed by atoms with van der Waals surface area (Å²) >= 11 is 0. The molecular weight excluding hydrogens is 323 g/mol. The van der Waals surface area contributed by atoms with Gasteiger partial charge in [0.25, 0.3) is 0 Å². The van der Waals surface area contributed by atoms with E-state index in [1.807, 2.05) is 12.2 Å². The Labute approximate surface area is 103 Å². The van der Waals surface area contributed by atoms with Gasteiger partial charge in [0.2, 0.25) is 0 Å². The maximum atomic E-state index is 3.19. The first kappa shape index (κ1) is 12.8. The van der Waals surface area contributed by atoms with Gasteiger partial charge in [-0.05, 0) is 0 Å². The molecule has 0 saturated heterocycles. The first-order valence-corrected chi connectivity index (χ1v) is 4.27. The summed E-state index contributed by atoms with van der Waals surface area (Å²) in [6.07, 6.45) is 16.4.